The smallest absolute Gasteiger partial charge is 0.160 e. The summed E-state index contributed by atoms with van der Waals surface area (Å²) >= 11 is 0. The Kier molecular flexibility index (Phi) is 6.25. The largest absolute Gasteiger partial charge is 0.366 e. The third kappa shape index (κ3) is 4.45. The minimum Gasteiger partial charge on any atom is -0.366 e. The summed E-state index contributed by atoms with van der Waals surface area (Å²) < 4.78 is 1.90. The van der Waals surface area contributed by atoms with E-state index in [-0.39, 0.29) is 0 Å². The van der Waals surface area contributed by atoms with Gasteiger partial charge in [0.05, 0.1) is 11.9 Å². The van der Waals surface area contributed by atoms with Gasteiger partial charge in [-0.2, -0.15) is 9.61 Å². The van der Waals surface area contributed by atoms with Gasteiger partial charge in [-0.25, -0.2) is 4.98 Å². The van der Waals surface area contributed by atoms with Crippen LogP contribution in [0.1, 0.15) is 36.6 Å². The van der Waals surface area contributed by atoms with Crippen molar-refractivity contribution in [3.63, 3.8) is 0 Å². The summed E-state index contributed by atoms with van der Waals surface area (Å²) in [7, 11) is 0. The highest BCUT2D eigenvalue weighted by atomic mass is 15.3. The van der Waals surface area contributed by atoms with Crippen molar-refractivity contribution in [3.05, 3.63) is 109 Å². The fourth-order valence-electron chi connectivity index (χ4n) is 4.43. The Morgan fingerprint density at radius 2 is 1.94 bits per heavy atom. The Labute approximate surface area is 211 Å². The van der Waals surface area contributed by atoms with Gasteiger partial charge >= 0.3 is 0 Å². The molecule has 0 amide bonds. The molecule has 2 N–H and O–H groups in total. The van der Waals surface area contributed by atoms with Crippen LogP contribution < -0.4 is 10.6 Å². The Balaban J connectivity index is 1.49. The van der Waals surface area contributed by atoms with Crippen molar-refractivity contribution in [1.29, 1.82) is 0 Å². The highest BCUT2D eigenvalue weighted by Crippen LogP contribution is 2.31. The summed E-state index contributed by atoms with van der Waals surface area (Å²) in [5.41, 5.74) is 7.94. The highest BCUT2D eigenvalue weighted by Gasteiger charge is 2.14. The van der Waals surface area contributed by atoms with Crippen LogP contribution in [0.5, 0.6) is 0 Å². The third-order valence-electron chi connectivity index (χ3n) is 6.30. The lowest BCUT2D eigenvalue weighted by Gasteiger charge is -2.15. The summed E-state index contributed by atoms with van der Waals surface area (Å²) in [6.07, 6.45) is 5.48. The van der Waals surface area contributed by atoms with Gasteiger partial charge in [0.2, 0.25) is 0 Å². The van der Waals surface area contributed by atoms with Crippen molar-refractivity contribution in [2.45, 2.75) is 33.2 Å². The van der Waals surface area contributed by atoms with E-state index in [1.165, 1.54) is 0 Å². The highest BCUT2D eigenvalue weighted by molar-refractivity contribution is 5.97. The maximum Gasteiger partial charge on any atom is 0.160 e. The van der Waals surface area contributed by atoms with E-state index >= 15 is 0 Å². The van der Waals surface area contributed by atoms with Crippen LogP contribution in [0.25, 0.3) is 27.7 Å². The Bertz CT molecular complexity index is 1590. The van der Waals surface area contributed by atoms with E-state index in [9.17, 15) is 0 Å². The topological polar surface area (TPSA) is 67.1 Å². The first-order valence-electron chi connectivity index (χ1n) is 12.1. The van der Waals surface area contributed by atoms with Crippen molar-refractivity contribution in [3.8, 4) is 11.3 Å². The van der Waals surface area contributed by atoms with E-state index < -0.39 is 0 Å². The van der Waals surface area contributed by atoms with Gasteiger partial charge in [-0.15, -0.1) is 0 Å². The Morgan fingerprint density at radius 3 is 2.75 bits per heavy atom. The molecular formula is C30H30N6. The number of anilines is 2. The van der Waals surface area contributed by atoms with Crippen LogP contribution in [0, 0.1) is 6.92 Å². The number of nitrogens with zero attached hydrogens (tertiary/aromatic N) is 4. The Hall–Kier alpha value is -4.45. The molecule has 0 spiro atoms. The SMILES string of the molecule is C=CC(=C)Nc1ccc2c(-c3ccccc3CNc3cc(C)nc4c(C(C)C)cnn34)nccc2c1. The lowest BCUT2D eigenvalue weighted by atomic mass is 9.99. The second-order valence-electron chi connectivity index (χ2n) is 9.23. The maximum atomic E-state index is 4.78. The molecule has 5 rings (SSSR count). The fraction of sp³-hybridized carbons (Fsp3) is 0.167. The van der Waals surface area contributed by atoms with Gasteiger partial charge in [-0.3, -0.25) is 4.98 Å². The summed E-state index contributed by atoms with van der Waals surface area (Å²) in [4.78, 5) is 9.51. The number of hydrogen-bond donors (Lipinski definition) is 2. The van der Waals surface area contributed by atoms with Crippen LogP contribution in [0.3, 0.4) is 0 Å². The second-order valence-corrected chi connectivity index (χ2v) is 9.23. The Morgan fingerprint density at radius 1 is 1.11 bits per heavy atom. The molecule has 36 heavy (non-hydrogen) atoms. The molecule has 0 atom stereocenters. The molecule has 0 saturated heterocycles. The van der Waals surface area contributed by atoms with Gasteiger partial charge in [0.1, 0.15) is 5.82 Å². The van der Waals surface area contributed by atoms with E-state index in [4.69, 9.17) is 9.97 Å². The van der Waals surface area contributed by atoms with Gasteiger partial charge in [0, 0.05) is 52.4 Å². The maximum absolute atomic E-state index is 4.78. The van der Waals surface area contributed by atoms with Gasteiger partial charge in [-0.1, -0.05) is 57.3 Å². The van der Waals surface area contributed by atoms with Crippen molar-refractivity contribution < 1.29 is 0 Å². The molecule has 3 heterocycles. The summed E-state index contributed by atoms with van der Waals surface area (Å²) in [6, 6.07) is 18.7. The zero-order valence-electron chi connectivity index (χ0n) is 20.9. The van der Waals surface area contributed by atoms with E-state index in [1.54, 1.807) is 6.08 Å². The van der Waals surface area contributed by atoms with Gasteiger partial charge in [-0.05, 0) is 48.1 Å². The number of benzene rings is 2. The van der Waals surface area contributed by atoms with E-state index in [2.05, 4.69) is 79.1 Å². The number of pyridine rings is 1. The predicted octanol–water partition coefficient (Wildman–Crippen LogP) is 7.10. The number of fused-ring (bicyclic) bond motifs is 2. The molecule has 180 valence electrons. The summed E-state index contributed by atoms with van der Waals surface area (Å²) in [5.74, 6) is 1.27. The molecule has 0 aliphatic heterocycles. The first kappa shape index (κ1) is 23.3. The van der Waals surface area contributed by atoms with E-state index in [1.807, 2.05) is 42.0 Å². The standard InChI is InChI=1S/C30H30N6/c1-6-20(4)34-24-11-12-26-22(16-24)13-14-31-29(26)25-10-8-7-9-23(25)17-32-28-15-21(5)35-30-27(19(2)3)18-33-36(28)30/h6-16,18-19,32,34H,1,4,17H2,2-3,5H3. The molecule has 5 aromatic rings. The molecule has 0 saturated carbocycles. The lowest BCUT2D eigenvalue weighted by molar-refractivity contribution is 0.870. The zero-order chi connectivity index (χ0) is 25.2. The minimum atomic E-state index is 0.355. The summed E-state index contributed by atoms with van der Waals surface area (Å²) in [5, 5.41) is 13.7. The van der Waals surface area contributed by atoms with Gasteiger partial charge in [0.15, 0.2) is 5.65 Å². The number of hydrogen-bond acceptors (Lipinski definition) is 5. The molecule has 0 radical (unpaired) electrons. The van der Waals surface area contributed by atoms with Crippen molar-refractivity contribution in [2.24, 2.45) is 0 Å². The van der Waals surface area contributed by atoms with Crippen molar-refractivity contribution in [1.82, 2.24) is 19.6 Å². The van der Waals surface area contributed by atoms with Crippen LogP contribution >= 0.6 is 0 Å². The number of nitrogens with one attached hydrogen (secondary N) is 2. The number of aromatic nitrogens is 4. The third-order valence-corrected chi connectivity index (χ3v) is 6.30. The van der Waals surface area contributed by atoms with Crippen LogP contribution in [-0.2, 0) is 6.54 Å². The number of aryl methyl sites for hydroxylation is 1. The van der Waals surface area contributed by atoms with Gasteiger partial charge in [0.25, 0.3) is 0 Å². The van der Waals surface area contributed by atoms with Gasteiger partial charge < -0.3 is 10.6 Å². The molecule has 0 aliphatic carbocycles. The van der Waals surface area contributed by atoms with Crippen LogP contribution in [0.15, 0.2) is 91.9 Å². The average Bonchev–Trinajstić information content (AvgIpc) is 3.31. The van der Waals surface area contributed by atoms with Crippen LogP contribution in [0.2, 0.25) is 0 Å². The van der Waals surface area contributed by atoms with Crippen molar-refractivity contribution >= 4 is 27.9 Å². The second kappa shape index (κ2) is 9.66. The number of allylic oxidation sites excluding steroid dienone is 1. The minimum absolute atomic E-state index is 0.355. The fourth-order valence-corrected chi connectivity index (χ4v) is 4.43. The molecule has 2 aromatic carbocycles. The molecular weight excluding hydrogens is 444 g/mol. The normalized spacial score (nSPS) is 11.2. The zero-order valence-corrected chi connectivity index (χ0v) is 20.9. The first-order valence-corrected chi connectivity index (χ1v) is 12.1. The van der Waals surface area contributed by atoms with E-state index in [0.717, 1.165) is 61.7 Å². The molecule has 3 aromatic heterocycles. The van der Waals surface area contributed by atoms with Crippen LogP contribution in [-0.4, -0.2) is 19.6 Å². The lowest BCUT2D eigenvalue weighted by Crippen LogP contribution is -2.08. The first-order chi connectivity index (χ1) is 17.4. The monoisotopic (exact) mass is 474 g/mol. The molecule has 0 bridgehead atoms. The quantitative estimate of drug-likeness (QED) is 0.235. The van der Waals surface area contributed by atoms with E-state index in [0.29, 0.717) is 12.5 Å². The molecule has 6 heteroatoms. The summed E-state index contributed by atoms with van der Waals surface area (Å²) in [6.45, 7) is 14.7. The molecule has 6 nitrogen and oxygen atoms in total. The predicted molar refractivity (Wildman–Crippen MR) is 149 cm³/mol. The van der Waals surface area contributed by atoms with Crippen molar-refractivity contribution in [2.75, 3.05) is 10.6 Å². The van der Waals surface area contributed by atoms with Crippen LogP contribution in [0.4, 0.5) is 11.5 Å². The average molecular weight is 475 g/mol. The number of rotatable bonds is 8. The molecule has 0 fully saturated rings. The molecule has 0 unspecified atom stereocenters. The molecule has 0 aliphatic rings.